The topological polar surface area (TPSA) is 81.7 Å². The number of carbonyl (C=O) groups excluding carboxylic acids is 3. The molecule has 1 N–H and O–H groups in total. The van der Waals surface area contributed by atoms with Crippen LogP contribution in [0.3, 0.4) is 0 Å². The normalized spacial score (nSPS) is 10.3. The van der Waals surface area contributed by atoms with Gasteiger partial charge >= 0.3 is 11.9 Å². The number of carbonyl (C=O) groups is 3. The number of hydrogen-bond acceptors (Lipinski definition) is 5. The molecule has 0 aromatic heterocycles. The lowest BCUT2D eigenvalue weighted by Gasteiger charge is -2.09. The smallest absolute Gasteiger partial charge is 0.339 e. The van der Waals surface area contributed by atoms with Gasteiger partial charge in [0.2, 0.25) is 0 Å². The van der Waals surface area contributed by atoms with E-state index in [2.05, 4.69) is 10.1 Å². The van der Waals surface area contributed by atoms with Gasteiger partial charge < -0.3 is 14.8 Å². The molecule has 1 amide bonds. The maximum Gasteiger partial charge on any atom is 0.339 e. The lowest BCUT2D eigenvalue weighted by molar-refractivity contribution is -0.119. The Morgan fingerprint density at radius 3 is 2.44 bits per heavy atom. The average Bonchev–Trinajstić information content (AvgIpc) is 2.71. The number of fused-ring (bicyclic) bond motifs is 1. The molecule has 0 unspecified atom stereocenters. The van der Waals surface area contributed by atoms with Crippen molar-refractivity contribution in [3.05, 3.63) is 77.9 Å². The van der Waals surface area contributed by atoms with Crippen LogP contribution in [-0.2, 0) is 14.3 Å². The van der Waals surface area contributed by atoms with E-state index < -0.39 is 24.5 Å². The lowest BCUT2D eigenvalue weighted by Crippen LogP contribution is -2.21. The van der Waals surface area contributed by atoms with E-state index in [9.17, 15) is 14.4 Å². The largest absolute Gasteiger partial charge is 0.465 e. The van der Waals surface area contributed by atoms with E-state index >= 15 is 0 Å². The monoisotopic (exact) mass is 363 g/mol. The van der Waals surface area contributed by atoms with Crippen LogP contribution in [0.2, 0.25) is 0 Å². The van der Waals surface area contributed by atoms with Crippen molar-refractivity contribution in [3.63, 3.8) is 0 Å². The summed E-state index contributed by atoms with van der Waals surface area (Å²) in [7, 11) is 1.28. The van der Waals surface area contributed by atoms with Crippen molar-refractivity contribution in [1.29, 1.82) is 0 Å². The summed E-state index contributed by atoms with van der Waals surface area (Å²) in [6.45, 7) is -0.440. The van der Waals surface area contributed by atoms with E-state index in [4.69, 9.17) is 4.74 Å². The van der Waals surface area contributed by atoms with Gasteiger partial charge in [-0.3, -0.25) is 4.79 Å². The van der Waals surface area contributed by atoms with Gasteiger partial charge in [0.15, 0.2) is 6.61 Å². The van der Waals surface area contributed by atoms with Crippen LogP contribution in [0.5, 0.6) is 0 Å². The quantitative estimate of drug-likeness (QED) is 0.703. The molecule has 0 atom stereocenters. The Kier molecular flexibility index (Phi) is 5.47. The van der Waals surface area contributed by atoms with Crippen molar-refractivity contribution in [3.8, 4) is 0 Å². The summed E-state index contributed by atoms with van der Waals surface area (Å²) in [4.78, 5) is 35.9. The van der Waals surface area contributed by atoms with Crippen molar-refractivity contribution in [2.45, 2.75) is 0 Å². The van der Waals surface area contributed by atoms with E-state index in [0.717, 1.165) is 10.8 Å². The van der Waals surface area contributed by atoms with Crippen LogP contribution in [0.4, 0.5) is 5.69 Å². The van der Waals surface area contributed by atoms with E-state index in [0.29, 0.717) is 16.8 Å². The first kappa shape index (κ1) is 18.1. The SMILES string of the molecule is COC(=O)c1cccc(NC(=O)COC(=O)c2cccc3ccccc23)c1. The number of rotatable bonds is 5. The van der Waals surface area contributed by atoms with Crippen molar-refractivity contribution in [2.24, 2.45) is 0 Å². The third kappa shape index (κ3) is 4.30. The highest BCUT2D eigenvalue weighted by atomic mass is 16.5. The number of benzene rings is 3. The average molecular weight is 363 g/mol. The Morgan fingerprint density at radius 1 is 0.889 bits per heavy atom. The van der Waals surface area contributed by atoms with Crippen LogP contribution in [0.25, 0.3) is 10.8 Å². The van der Waals surface area contributed by atoms with Gasteiger partial charge in [0.1, 0.15) is 0 Å². The maximum atomic E-state index is 12.3. The highest BCUT2D eigenvalue weighted by Crippen LogP contribution is 2.19. The summed E-state index contributed by atoms with van der Waals surface area (Å²) in [6, 6.07) is 19.0. The van der Waals surface area contributed by atoms with Crippen LogP contribution in [0, 0.1) is 0 Å². The van der Waals surface area contributed by atoms with Crippen molar-refractivity contribution < 1.29 is 23.9 Å². The summed E-state index contributed by atoms with van der Waals surface area (Å²) in [6.07, 6.45) is 0. The van der Waals surface area contributed by atoms with Gasteiger partial charge in [-0.1, -0.05) is 42.5 Å². The zero-order chi connectivity index (χ0) is 19.2. The number of methoxy groups -OCH3 is 1. The van der Waals surface area contributed by atoms with Gasteiger partial charge in [-0.05, 0) is 35.0 Å². The fourth-order valence-electron chi connectivity index (χ4n) is 2.65. The molecule has 3 aromatic rings. The van der Waals surface area contributed by atoms with E-state index in [-0.39, 0.29) is 0 Å². The van der Waals surface area contributed by atoms with Crippen molar-refractivity contribution in [2.75, 3.05) is 19.0 Å². The van der Waals surface area contributed by atoms with Gasteiger partial charge in [-0.15, -0.1) is 0 Å². The standard InChI is InChI=1S/C21H17NO5/c1-26-20(24)15-8-4-9-16(12-15)22-19(23)13-27-21(25)18-11-5-7-14-6-2-3-10-17(14)18/h2-12H,13H2,1H3,(H,22,23). The molecule has 0 saturated carbocycles. The molecule has 27 heavy (non-hydrogen) atoms. The molecule has 6 heteroatoms. The molecule has 3 aromatic carbocycles. The predicted molar refractivity (Wildman–Crippen MR) is 101 cm³/mol. The molecular weight excluding hydrogens is 346 g/mol. The van der Waals surface area contributed by atoms with E-state index in [1.54, 1.807) is 30.3 Å². The summed E-state index contributed by atoms with van der Waals surface area (Å²) in [5, 5.41) is 4.25. The molecule has 0 radical (unpaired) electrons. The van der Waals surface area contributed by atoms with Crippen molar-refractivity contribution in [1.82, 2.24) is 0 Å². The molecule has 0 saturated heterocycles. The lowest BCUT2D eigenvalue weighted by atomic mass is 10.1. The first-order valence-electron chi connectivity index (χ1n) is 8.21. The molecule has 0 bridgehead atoms. The Hall–Kier alpha value is -3.67. The molecule has 0 heterocycles. The summed E-state index contributed by atoms with van der Waals surface area (Å²) in [5.41, 5.74) is 1.11. The molecule has 0 fully saturated rings. The molecular formula is C21H17NO5. The minimum atomic E-state index is -0.578. The van der Waals surface area contributed by atoms with Gasteiger partial charge in [0.05, 0.1) is 18.2 Å². The third-order valence-electron chi connectivity index (χ3n) is 3.91. The zero-order valence-corrected chi connectivity index (χ0v) is 14.6. The van der Waals surface area contributed by atoms with Crippen LogP contribution in [0.1, 0.15) is 20.7 Å². The number of hydrogen-bond donors (Lipinski definition) is 1. The van der Waals surface area contributed by atoms with Crippen LogP contribution in [-0.4, -0.2) is 31.6 Å². The Bertz CT molecular complexity index is 1010. The fourth-order valence-corrected chi connectivity index (χ4v) is 2.65. The van der Waals surface area contributed by atoms with Gasteiger partial charge in [-0.25, -0.2) is 9.59 Å². The molecule has 6 nitrogen and oxygen atoms in total. The molecule has 136 valence electrons. The fraction of sp³-hybridized carbons (Fsp3) is 0.0952. The first-order chi connectivity index (χ1) is 13.1. The second-order valence-corrected chi connectivity index (χ2v) is 5.72. The molecule has 0 aliphatic heterocycles. The van der Waals surface area contributed by atoms with Crippen LogP contribution < -0.4 is 5.32 Å². The van der Waals surface area contributed by atoms with Crippen molar-refractivity contribution >= 4 is 34.3 Å². The Morgan fingerprint density at radius 2 is 1.63 bits per heavy atom. The molecule has 3 rings (SSSR count). The molecule has 0 aliphatic carbocycles. The number of esters is 2. The highest BCUT2D eigenvalue weighted by Gasteiger charge is 2.14. The molecule has 0 aliphatic rings. The first-order valence-corrected chi connectivity index (χ1v) is 8.21. The predicted octanol–water partition coefficient (Wildman–Crippen LogP) is 3.42. The third-order valence-corrected chi connectivity index (χ3v) is 3.91. The summed E-state index contributed by atoms with van der Waals surface area (Å²) in [5.74, 6) is -1.59. The van der Waals surface area contributed by atoms with Gasteiger partial charge in [-0.2, -0.15) is 0 Å². The second-order valence-electron chi connectivity index (χ2n) is 5.72. The zero-order valence-electron chi connectivity index (χ0n) is 14.6. The number of amides is 1. The minimum Gasteiger partial charge on any atom is -0.465 e. The Labute approximate surface area is 155 Å². The Balaban J connectivity index is 1.64. The second kappa shape index (κ2) is 8.14. The molecule has 0 spiro atoms. The van der Waals surface area contributed by atoms with Crippen LogP contribution >= 0.6 is 0 Å². The van der Waals surface area contributed by atoms with Gasteiger partial charge in [0, 0.05) is 5.69 Å². The number of anilines is 1. The number of nitrogens with one attached hydrogen (secondary N) is 1. The summed E-state index contributed by atoms with van der Waals surface area (Å²) >= 11 is 0. The maximum absolute atomic E-state index is 12.3. The van der Waals surface area contributed by atoms with Gasteiger partial charge in [0.25, 0.3) is 5.91 Å². The summed E-state index contributed by atoms with van der Waals surface area (Å²) < 4.78 is 9.76. The minimum absolute atomic E-state index is 0.308. The van der Waals surface area contributed by atoms with E-state index in [1.165, 1.54) is 13.2 Å². The number of ether oxygens (including phenoxy) is 2. The van der Waals surface area contributed by atoms with Crippen LogP contribution in [0.15, 0.2) is 66.7 Å². The highest BCUT2D eigenvalue weighted by molar-refractivity contribution is 6.05. The van der Waals surface area contributed by atoms with E-state index in [1.807, 2.05) is 30.3 Å².